The van der Waals surface area contributed by atoms with Gasteiger partial charge in [0.2, 0.25) is 0 Å². The molecule has 0 radical (unpaired) electrons. The van der Waals surface area contributed by atoms with Gasteiger partial charge >= 0.3 is 0 Å². The molecule has 16 heavy (non-hydrogen) atoms. The van der Waals surface area contributed by atoms with Crippen molar-refractivity contribution in [3.63, 3.8) is 0 Å². The summed E-state index contributed by atoms with van der Waals surface area (Å²) < 4.78 is 10.4. The van der Waals surface area contributed by atoms with Gasteiger partial charge in [-0.3, -0.25) is 0 Å². The molecule has 0 rings (SSSR count). The number of aldehydes is 1. The molecule has 0 aromatic heterocycles. The van der Waals surface area contributed by atoms with Crippen LogP contribution in [-0.2, 0) is 14.3 Å². The second-order valence-electron chi connectivity index (χ2n) is 3.72. The number of hydrogen-bond donors (Lipinski definition) is 0. The molecule has 0 aliphatic rings. The van der Waals surface area contributed by atoms with Crippen molar-refractivity contribution in [3.05, 3.63) is 12.3 Å². The van der Waals surface area contributed by atoms with E-state index in [1.807, 2.05) is 6.08 Å². The Hall–Kier alpha value is -0.830. The SMILES string of the molecule is CCCCCOCOC=CCCCCC=O. The average molecular weight is 228 g/mol. The van der Waals surface area contributed by atoms with Gasteiger partial charge in [0.1, 0.15) is 6.29 Å². The topological polar surface area (TPSA) is 35.5 Å². The molecule has 3 heteroatoms. The van der Waals surface area contributed by atoms with Crippen molar-refractivity contribution in [1.82, 2.24) is 0 Å². The molecule has 0 aromatic rings. The molecular formula is C13H24O3. The minimum Gasteiger partial charge on any atom is -0.475 e. The molecule has 94 valence electrons. The van der Waals surface area contributed by atoms with Gasteiger partial charge in [0.05, 0.1) is 12.9 Å². The minimum atomic E-state index is 0.342. The summed E-state index contributed by atoms with van der Waals surface area (Å²) in [5.41, 5.74) is 0. The van der Waals surface area contributed by atoms with Crippen LogP contribution in [0, 0.1) is 0 Å². The molecule has 0 atom stereocenters. The molecule has 0 unspecified atom stereocenters. The maximum atomic E-state index is 10.0. The summed E-state index contributed by atoms with van der Waals surface area (Å²) in [7, 11) is 0. The van der Waals surface area contributed by atoms with Crippen molar-refractivity contribution >= 4 is 6.29 Å². The first-order valence-corrected chi connectivity index (χ1v) is 6.19. The molecule has 0 aliphatic carbocycles. The van der Waals surface area contributed by atoms with E-state index in [1.165, 1.54) is 12.8 Å². The lowest BCUT2D eigenvalue weighted by molar-refractivity contribution is -0.107. The van der Waals surface area contributed by atoms with Crippen LogP contribution >= 0.6 is 0 Å². The second kappa shape index (κ2) is 14.2. The van der Waals surface area contributed by atoms with E-state index >= 15 is 0 Å². The fourth-order valence-corrected chi connectivity index (χ4v) is 1.23. The molecule has 0 heterocycles. The smallest absolute Gasteiger partial charge is 0.188 e. The molecule has 0 N–H and O–H groups in total. The first-order chi connectivity index (χ1) is 7.91. The van der Waals surface area contributed by atoms with Crippen molar-refractivity contribution in [3.8, 4) is 0 Å². The maximum absolute atomic E-state index is 10.0. The Kier molecular flexibility index (Phi) is 13.4. The lowest BCUT2D eigenvalue weighted by Crippen LogP contribution is -1.97. The largest absolute Gasteiger partial charge is 0.475 e. The van der Waals surface area contributed by atoms with Crippen molar-refractivity contribution < 1.29 is 14.3 Å². The average Bonchev–Trinajstić information content (AvgIpc) is 2.31. The van der Waals surface area contributed by atoms with Crippen LogP contribution in [0.4, 0.5) is 0 Å². The number of hydrogen-bond acceptors (Lipinski definition) is 3. The number of allylic oxidation sites excluding steroid dienone is 1. The van der Waals surface area contributed by atoms with Crippen molar-refractivity contribution in [2.75, 3.05) is 13.4 Å². The predicted molar refractivity (Wildman–Crippen MR) is 65.1 cm³/mol. The predicted octanol–water partition coefficient (Wildman–Crippen LogP) is 3.44. The molecule has 0 bridgehead atoms. The first-order valence-electron chi connectivity index (χ1n) is 6.19. The molecule has 3 nitrogen and oxygen atoms in total. The number of rotatable bonds is 12. The first kappa shape index (κ1) is 15.2. The Balaban J connectivity index is 3.00. The van der Waals surface area contributed by atoms with Gasteiger partial charge in [0.25, 0.3) is 0 Å². The van der Waals surface area contributed by atoms with Crippen molar-refractivity contribution in [2.45, 2.75) is 51.9 Å². The van der Waals surface area contributed by atoms with Gasteiger partial charge in [-0.05, 0) is 31.8 Å². The lowest BCUT2D eigenvalue weighted by atomic mass is 10.2. The zero-order valence-electron chi connectivity index (χ0n) is 10.3. The fourth-order valence-electron chi connectivity index (χ4n) is 1.23. The van der Waals surface area contributed by atoms with Gasteiger partial charge in [-0.25, -0.2) is 0 Å². The molecule has 0 saturated carbocycles. The Morgan fingerprint density at radius 1 is 1.06 bits per heavy atom. The molecular weight excluding hydrogens is 204 g/mol. The summed E-state index contributed by atoms with van der Waals surface area (Å²) in [5.74, 6) is 0. The van der Waals surface area contributed by atoms with Crippen LogP contribution < -0.4 is 0 Å². The van der Waals surface area contributed by atoms with Gasteiger partial charge in [-0.2, -0.15) is 0 Å². The van der Waals surface area contributed by atoms with Gasteiger partial charge in [-0.1, -0.05) is 19.8 Å². The highest BCUT2D eigenvalue weighted by Gasteiger charge is 1.87. The van der Waals surface area contributed by atoms with E-state index in [2.05, 4.69) is 6.92 Å². The molecule has 0 spiro atoms. The van der Waals surface area contributed by atoms with E-state index in [-0.39, 0.29) is 0 Å². The van der Waals surface area contributed by atoms with Gasteiger partial charge in [0, 0.05) is 6.42 Å². The standard InChI is InChI=1S/C13H24O3/c1-2-3-8-11-15-13-16-12-9-6-4-5-7-10-14/h9-10,12H,2-8,11,13H2,1H3. The minimum absolute atomic E-state index is 0.342. The normalized spacial score (nSPS) is 10.8. The van der Waals surface area contributed by atoms with Gasteiger partial charge < -0.3 is 14.3 Å². The number of carbonyl (C=O) groups is 1. The summed E-state index contributed by atoms with van der Waals surface area (Å²) in [6.45, 7) is 3.29. The molecule has 0 amide bonds. The summed E-state index contributed by atoms with van der Waals surface area (Å²) >= 11 is 0. The van der Waals surface area contributed by atoms with Crippen LogP contribution in [0.25, 0.3) is 0 Å². The molecule has 0 saturated heterocycles. The van der Waals surface area contributed by atoms with Crippen LogP contribution in [0.5, 0.6) is 0 Å². The lowest BCUT2D eigenvalue weighted by Gasteiger charge is -2.02. The van der Waals surface area contributed by atoms with E-state index < -0.39 is 0 Å². The third kappa shape index (κ3) is 13.2. The molecule has 0 fully saturated rings. The van der Waals surface area contributed by atoms with E-state index in [0.717, 1.165) is 38.6 Å². The van der Waals surface area contributed by atoms with E-state index in [1.54, 1.807) is 6.26 Å². The number of carbonyl (C=O) groups excluding carboxylic acids is 1. The monoisotopic (exact) mass is 228 g/mol. The highest BCUT2D eigenvalue weighted by atomic mass is 16.7. The van der Waals surface area contributed by atoms with E-state index in [0.29, 0.717) is 13.2 Å². The zero-order chi connectivity index (χ0) is 11.9. The summed E-state index contributed by atoms with van der Waals surface area (Å²) in [6, 6.07) is 0. The van der Waals surface area contributed by atoms with Crippen LogP contribution in [0.2, 0.25) is 0 Å². The van der Waals surface area contributed by atoms with Crippen LogP contribution in [0.1, 0.15) is 51.9 Å². The zero-order valence-corrected chi connectivity index (χ0v) is 10.3. The third-order valence-electron chi connectivity index (χ3n) is 2.18. The van der Waals surface area contributed by atoms with Crippen molar-refractivity contribution in [2.24, 2.45) is 0 Å². The number of ether oxygens (including phenoxy) is 2. The quantitative estimate of drug-likeness (QED) is 0.222. The van der Waals surface area contributed by atoms with E-state index in [4.69, 9.17) is 9.47 Å². The Morgan fingerprint density at radius 2 is 1.88 bits per heavy atom. The van der Waals surface area contributed by atoms with Crippen molar-refractivity contribution in [1.29, 1.82) is 0 Å². The van der Waals surface area contributed by atoms with Gasteiger partial charge in [-0.15, -0.1) is 0 Å². The Labute approximate surface area is 98.8 Å². The van der Waals surface area contributed by atoms with Crippen LogP contribution in [-0.4, -0.2) is 19.7 Å². The van der Waals surface area contributed by atoms with Gasteiger partial charge in [0.15, 0.2) is 6.79 Å². The fraction of sp³-hybridized carbons (Fsp3) is 0.769. The second-order valence-corrected chi connectivity index (χ2v) is 3.72. The maximum Gasteiger partial charge on any atom is 0.188 e. The Bertz CT molecular complexity index is 167. The summed E-state index contributed by atoms with van der Waals surface area (Å²) in [5, 5.41) is 0. The summed E-state index contributed by atoms with van der Waals surface area (Å²) in [6.07, 6.45) is 11.8. The molecule has 0 aromatic carbocycles. The highest BCUT2D eigenvalue weighted by Crippen LogP contribution is 1.99. The van der Waals surface area contributed by atoms with E-state index in [9.17, 15) is 4.79 Å². The van der Waals surface area contributed by atoms with Crippen LogP contribution in [0.15, 0.2) is 12.3 Å². The Morgan fingerprint density at radius 3 is 2.62 bits per heavy atom. The third-order valence-corrected chi connectivity index (χ3v) is 2.18. The summed E-state index contributed by atoms with van der Waals surface area (Å²) in [4.78, 5) is 10.0. The highest BCUT2D eigenvalue weighted by molar-refractivity contribution is 5.48. The number of unbranched alkanes of at least 4 members (excludes halogenated alkanes) is 5. The molecule has 0 aliphatic heterocycles. The van der Waals surface area contributed by atoms with Crippen LogP contribution in [0.3, 0.4) is 0 Å².